The molecular formula is C22H29NO5S. The van der Waals surface area contributed by atoms with Gasteiger partial charge in [-0.25, -0.2) is 13.2 Å². The Bertz CT molecular complexity index is 929. The summed E-state index contributed by atoms with van der Waals surface area (Å²) in [6, 6.07) is 14.2. The van der Waals surface area contributed by atoms with Crippen molar-refractivity contribution in [2.75, 3.05) is 6.26 Å². The fourth-order valence-corrected chi connectivity index (χ4v) is 3.45. The minimum atomic E-state index is -3.62. The number of aliphatic hydroxyl groups is 1. The number of aliphatic hydroxyl groups excluding tert-OH is 1. The van der Waals surface area contributed by atoms with Gasteiger partial charge in [0.2, 0.25) is 0 Å². The number of amides is 1. The van der Waals surface area contributed by atoms with E-state index in [9.17, 15) is 18.3 Å². The van der Waals surface area contributed by atoms with Crippen LogP contribution in [0.5, 0.6) is 0 Å². The number of hydrogen-bond donors (Lipinski definition) is 2. The third-order valence-electron chi connectivity index (χ3n) is 4.28. The molecule has 2 N–H and O–H groups in total. The van der Waals surface area contributed by atoms with Crippen LogP contribution in [0, 0.1) is 6.92 Å². The van der Waals surface area contributed by atoms with Gasteiger partial charge in [0.25, 0.3) is 0 Å². The van der Waals surface area contributed by atoms with Crippen molar-refractivity contribution in [1.82, 2.24) is 5.32 Å². The summed E-state index contributed by atoms with van der Waals surface area (Å²) in [5, 5.41) is 12.8. The molecule has 0 heterocycles. The van der Waals surface area contributed by atoms with Crippen LogP contribution < -0.4 is 5.32 Å². The molecule has 2 atom stereocenters. The van der Waals surface area contributed by atoms with Crippen molar-refractivity contribution in [3.63, 3.8) is 0 Å². The molecule has 2 unspecified atom stereocenters. The number of ether oxygens (including phenoxy) is 1. The Labute approximate surface area is 172 Å². The Kier molecular flexibility index (Phi) is 7.08. The molecule has 0 saturated carbocycles. The molecule has 1 amide bonds. The predicted octanol–water partition coefficient (Wildman–Crippen LogP) is 3.84. The molecule has 2 aromatic carbocycles. The van der Waals surface area contributed by atoms with Crippen LogP contribution in [0.4, 0.5) is 4.79 Å². The van der Waals surface area contributed by atoms with E-state index in [2.05, 4.69) is 5.32 Å². The highest BCUT2D eigenvalue weighted by atomic mass is 32.2. The van der Waals surface area contributed by atoms with Crippen molar-refractivity contribution < 1.29 is 23.1 Å². The maximum atomic E-state index is 12.3. The van der Waals surface area contributed by atoms with Crippen molar-refractivity contribution in [3.05, 3.63) is 70.8 Å². The van der Waals surface area contributed by atoms with Gasteiger partial charge in [-0.05, 0) is 50.8 Å². The van der Waals surface area contributed by atoms with E-state index in [0.29, 0.717) is 6.42 Å². The molecule has 0 aliphatic heterocycles. The number of sulfone groups is 1. The number of benzene rings is 2. The van der Waals surface area contributed by atoms with E-state index in [1.165, 1.54) is 0 Å². The lowest BCUT2D eigenvalue weighted by Gasteiger charge is -2.24. The molecule has 0 fully saturated rings. The van der Waals surface area contributed by atoms with Gasteiger partial charge in [0.1, 0.15) is 5.60 Å². The summed E-state index contributed by atoms with van der Waals surface area (Å²) in [6.45, 7) is 7.39. The highest BCUT2D eigenvalue weighted by Crippen LogP contribution is 2.24. The van der Waals surface area contributed by atoms with Crippen LogP contribution in [0.2, 0.25) is 0 Å². The highest BCUT2D eigenvalue weighted by Gasteiger charge is 2.23. The quantitative estimate of drug-likeness (QED) is 0.742. The first-order chi connectivity index (χ1) is 13.3. The second-order valence-electron chi connectivity index (χ2n) is 8.24. The van der Waals surface area contributed by atoms with Crippen molar-refractivity contribution in [3.8, 4) is 0 Å². The minimum Gasteiger partial charge on any atom is -0.444 e. The maximum absolute atomic E-state index is 12.3. The third kappa shape index (κ3) is 7.18. The molecule has 0 aliphatic carbocycles. The van der Waals surface area contributed by atoms with Gasteiger partial charge in [-0.15, -0.1) is 0 Å². The molecular weight excluding hydrogens is 390 g/mol. The van der Waals surface area contributed by atoms with Gasteiger partial charge in [0.15, 0.2) is 15.3 Å². The van der Waals surface area contributed by atoms with Crippen LogP contribution in [0.3, 0.4) is 0 Å². The van der Waals surface area contributed by atoms with Crippen LogP contribution >= 0.6 is 0 Å². The lowest BCUT2D eigenvalue weighted by molar-refractivity contribution is 0.0503. The fraction of sp³-hybridized carbons (Fsp3) is 0.409. The van der Waals surface area contributed by atoms with Gasteiger partial charge in [0, 0.05) is 6.26 Å². The van der Waals surface area contributed by atoms with Gasteiger partial charge in [-0.2, -0.15) is 0 Å². The molecule has 0 aromatic heterocycles. The fourth-order valence-electron chi connectivity index (χ4n) is 2.80. The summed E-state index contributed by atoms with van der Waals surface area (Å²) >= 11 is 0. The Balaban J connectivity index is 2.28. The normalized spacial score (nSPS) is 14.1. The van der Waals surface area contributed by atoms with E-state index < -0.39 is 27.0 Å². The summed E-state index contributed by atoms with van der Waals surface area (Å²) in [5.41, 5.74) is 1.04. The first kappa shape index (κ1) is 22.9. The standard InChI is InChI=1S/C22H29NO5S/c1-15-6-8-16(9-7-15)14-19(23-21(25)28-22(2,3)4)17-10-12-18(13-11-17)20(24)29(5,26)27/h6-13,19-20,24H,14H2,1-5H3,(H,23,25). The number of rotatable bonds is 6. The van der Waals surface area contributed by atoms with E-state index in [-0.39, 0.29) is 11.6 Å². The Morgan fingerprint density at radius 1 is 1.03 bits per heavy atom. The summed E-state index contributed by atoms with van der Waals surface area (Å²) < 4.78 is 28.5. The summed E-state index contributed by atoms with van der Waals surface area (Å²) in [4.78, 5) is 12.3. The van der Waals surface area contributed by atoms with Gasteiger partial charge in [-0.1, -0.05) is 54.1 Å². The predicted molar refractivity (Wildman–Crippen MR) is 113 cm³/mol. The van der Waals surface area contributed by atoms with Crippen molar-refractivity contribution in [2.24, 2.45) is 0 Å². The Morgan fingerprint density at radius 2 is 1.55 bits per heavy atom. The average Bonchev–Trinajstić information content (AvgIpc) is 2.60. The zero-order chi connectivity index (χ0) is 21.8. The van der Waals surface area contributed by atoms with Crippen molar-refractivity contribution in [1.29, 1.82) is 0 Å². The molecule has 2 rings (SSSR count). The van der Waals surface area contributed by atoms with E-state index in [0.717, 1.165) is 22.9 Å². The van der Waals surface area contributed by atoms with Crippen molar-refractivity contribution >= 4 is 15.9 Å². The molecule has 158 valence electrons. The Morgan fingerprint density at radius 3 is 2.03 bits per heavy atom. The monoisotopic (exact) mass is 419 g/mol. The van der Waals surface area contributed by atoms with E-state index in [1.807, 2.05) is 31.2 Å². The zero-order valence-electron chi connectivity index (χ0n) is 17.5. The second kappa shape index (κ2) is 8.97. The first-order valence-corrected chi connectivity index (χ1v) is 11.3. The number of nitrogens with one attached hydrogen (secondary N) is 1. The summed E-state index contributed by atoms with van der Waals surface area (Å²) in [6.07, 6.45) is 0.985. The molecule has 29 heavy (non-hydrogen) atoms. The van der Waals surface area contributed by atoms with Crippen LogP contribution in [0.15, 0.2) is 48.5 Å². The van der Waals surface area contributed by atoms with Gasteiger partial charge in [0.05, 0.1) is 6.04 Å². The zero-order valence-corrected chi connectivity index (χ0v) is 18.3. The maximum Gasteiger partial charge on any atom is 0.408 e. The van der Waals surface area contributed by atoms with Gasteiger partial charge in [-0.3, -0.25) is 0 Å². The average molecular weight is 420 g/mol. The first-order valence-electron chi connectivity index (χ1n) is 9.37. The van der Waals surface area contributed by atoms with Crippen LogP contribution in [-0.4, -0.2) is 31.5 Å². The van der Waals surface area contributed by atoms with E-state index in [4.69, 9.17) is 4.74 Å². The smallest absolute Gasteiger partial charge is 0.408 e. The van der Waals surface area contributed by atoms with Crippen LogP contribution in [0.25, 0.3) is 0 Å². The molecule has 0 bridgehead atoms. The van der Waals surface area contributed by atoms with Crippen LogP contribution in [-0.2, 0) is 21.0 Å². The largest absolute Gasteiger partial charge is 0.444 e. The molecule has 0 aliphatic rings. The lowest BCUT2D eigenvalue weighted by atomic mass is 9.97. The molecule has 2 aromatic rings. The SMILES string of the molecule is Cc1ccc(CC(NC(=O)OC(C)(C)C)c2ccc(C(O)S(C)(=O)=O)cc2)cc1. The highest BCUT2D eigenvalue weighted by molar-refractivity contribution is 7.90. The number of carbonyl (C=O) groups excluding carboxylic acids is 1. The summed E-state index contributed by atoms with van der Waals surface area (Å²) in [7, 11) is -3.62. The number of aryl methyl sites for hydroxylation is 1. The van der Waals surface area contributed by atoms with Gasteiger partial charge >= 0.3 is 6.09 Å². The minimum absolute atomic E-state index is 0.280. The molecule has 7 heteroatoms. The number of carbonyl (C=O) groups is 1. The van der Waals surface area contributed by atoms with Crippen LogP contribution in [0.1, 0.15) is 54.5 Å². The Hall–Kier alpha value is -2.38. The third-order valence-corrected chi connectivity index (χ3v) is 5.36. The van der Waals surface area contributed by atoms with Crippen molar-refractivity contribution in [2.45, 2.75) is 51.2 Å². The topological polar surface area (TPSA) is 92.7 Å². The molecule has 0 saturated heterocycles. The van der Waals surface area contributed by atoms with E-state index in [1.54, 1.807) is 45.0 Å². The van der Waals surface area contributed by atoms with E-state index >= 15 is 0 Å². The lowest BCUT2D eigenvalue weighted by Crippen LogP contribution is -2.35. The number of alkyl carbamates (subject to hydrolysis) is 1. The summed E-state index contributed by atoms with van der Waals surface area (Å²) in [5.74, 6) is 0. The molecule has 6 nitrogen and oxygen atoms in total. The number of hydrogen-bond acceptors (Lipinski definition) is 5. The molecule has 0 radical (unpaired) electrons. The second-order valence-corrected chi connectivity index (χ2v) is 10.3. The molecule has 0 spiro atoms. The van der Waals surface area contributed by atoms with Gasteiger partial charge < -0.3 is 15.2 Å².